The van der Waals surface area contributed by atoms with Crippen molar-refractivity contribution in [3.8, 4) is 0 Å². The lowest BCUT2D eigenvalue weighted by atomic mass is 10.2. The first-order valence-corrected chi connectivity index (χ1v) is 8.99. The van der Waals surface area contributed by atoms with Crippen LogP contribution in [0.15, 0.2) is 23.2 Å². The van der Waals surface area contributed by atoms with Crippen molar-refractivity contribution in [3.63, 3.8) is 0 Å². The van der Waals surface area contributed by atoms with Crippen LogP contribution in [0.1, 0.15) is 19.8 Å². The molecule has 2 aliphatic rings. The summed E-state index contributed by atoms with van der Waals surface area (Å²) in [5.41, 5.74) is 0. The minimum Gasteiger partial charge on any atom is -0.370 e. The largest absolute Gasteiger partial charge is 0.370 e. The van der Waals surface area contributed by atoms with Gasteiger partial charge in [0.25, 0.3) is 0 Å². The second-order valence-corrected chi connectivity index (χ2v) is 7.54. The molecule has 0 saturated carbocycles. The fraction of sp³-hybridized carbons (Fsp3) is 0.643. The van der Waals surface area contributed by atoms with E-state index in [0.29, 0.717) is 24.9 Å². The third kappa shape index (κ3) is 2.90. The van der Waals surface area contributed by atoms with Crippen molar-refractivity contribution in [2.24, 2.45) is 0 Å². The van der Waals surface area contributed by atoms with Crippen LogP contribution in [0, 0.1) is 0 Å². The van der Waals surface area contributed by atoms with Gasteiger partial charge in [-0.05, 0) is 38.4 Å². The molecule has 0 bridgehead atoms. The number of sulfonamides is 1. The van der Waals surface area contributed by atoms with Gasteiger partial charge in [0.15, 0.2) is 0 Å². The SMILES string of the molecule is CCNc1ccc(S(=O)(=O)N2CCN3CCCC3C2)cn1. The van der Waals surface area contributed by atoms with Gasteiger partial charge < -0.3 is 5.32 Å². The lowest BCUT2D eigenvalue weighted by molar-refractivity contribution is 0.158. The van der Waals surface area contributed by atoms with E-state index in [0.717, 1.165) is 26.1 Å². The zero-order valence-corrected chi connectivity index (χ0v) is 13.1. The van der Waals surface area contributed by atoms with Gasteiger partial charge in [-0.1, -0.05) is 0 Å². The number of anilines is 1. The van der Waals surface area contributed by atoms with E-state index in [1.807, 2.05) is 6.92 Å². The summed E-state index contributed by atoms with van der Waals surface area (Å²) in [6, 6.07) is 3.76. The lowest BCUT2D eigenvalue weighted by Crippen LogP contribution is -2.51. The van der Waals surface area contributed by atoms with Crippen LogP contribution in [0.2, 0.25) is 0 Å². The van der Waals surface area contributed by atoms with Crippen LogP contribution >= 0.6 is 0 Å². The van der Waals surface area contributed by atoms with Gasteiger partial charge in [-0.3, -0.25) is 4.90 Å². The Bertz CT molecular complexity index is 587. The van der Waals surface area contributed by atoms with Gasteiger partial charge in [-0.2, -0.15) is 4.31 Å². The molecule has 2 saturated heterocycles. The number of hydrogen-bond acceptors (Lipinski definition) is 5. The highest BCUT2D eigenvalue weighted by molar-refractivity contribution is 7.89. The molecule has 1 N–H and O–H groups in total. The summed E-state index contributed by atoms with van der Waals surface area (Å²) < 4.78 is 27.0. The second kappa shape index (κ2) is 5.90. The molecule has 1 aromatic heterocycles. The number of aromatic nitrogens is 1. The molecule has 2 aliphatic heterocycles. The molecule has 0 amide bonds. The monoisotopic (exact) mass is 310 g/mol. The molecule has 0 spiro atoms. The van der Waals surface area contributed by atoms with Gasteiger partial charge in [0.05, 0.1) is 0 Å². The van der Waals surface area contributed by atoms with Crippen LogP contribution in [0.4, 0.5) is 5.82 Å². The maximum atomic E-state index is 12.7. The van der Waals surface area contributed by atoms with Gasteiger partial charge in [-0.25, -0.2) is 13.4 Å². The minimum absolute atomic E-state index is 0.288. The molecule has 116 valence electrons. The topological polar surface area (TPSA) is 65.5 Å². The maximum Gasteiger partial charge on any atom is 0.244 e. The molecule has 3 rings (SSSR count). The normalized spacial score (nSPS) is 24.0. The number of fused-ring (bicyclic) bond motifs is 1. The molecule has 2 fully saturated rings. The van der Waals surface area contributed by atoms with Gasteiger partial charge in [0.2, 0.25) is 10.0 Å². The van der Waals surface area contributed by atoms with E-state index in [1.54, 1.807) is 16.4 Å². The van der Waals surface area contributed by atoms with Crippen LogP contribution in [-0.4, -0.2) is 61.4 Å². The molecule has 21 heavy (non-hydrogen) atoms. The van der Waals surface area contributed by atoms with E-state index in [1.165, 1.54) is 12.6 Å². The fourth-order valence-corrected chi connectivity index (χ4v) is 4.56. The van der Waals surface area contributed by atoms with Crippen molar-refractivity contribution in [2.75, 3.05) is 38.0 Å². The van der Waals surface area contributed by atoms with Gasteiger partial charge in [-0.15, -0.1) is 0 Å². The molecule has 0 aliphatic carbocycles. The molecular formula is C14H22N4O2S. The van der Waals surface area contributed by atoms with Gasteiger partial charge in [0.1, 0.15) is 10.7 Å². The highest BCUT2D eigenvalue weighted by Crippen LogP contribution is 2.25. The average Bonchev–Trinajstić information content (AvgIpc) is 2.95. The van der Waals surface area contributed by atoms with Crippen molar-refractivity contribution in [2.45, 2.75) is 30.7 Å². The summed E-state index contributed by atoms with van der Waals surface area (Å²) >= 11 is 0. The number of nitrogens with one attached hydrogen (secondary N) is 1. The molecule has 3 heterocycles. The summed E-state index contributed by atoms with van der Waals surface area (Å²) in [5.74, 6) is 0.706. The number of hydrogen-bond donors (Lipinski definition) is 1. The highest BCUT2D eigenvalue weighted by atomic mass is 32.2. The Morgan fingerprint density at radius 3 is 2.90 bits per heavy atom. The average molecular weight is 310 g/mol. The second-order valence-electron chi connectivity index (χ2n) is 5.60. The molecule has 0 aromatic carbocycles. The smallest absolute Gasteiger partial charge is 0.244 e. The Labute approximate surface area is 126 Å². The predicted octanol–water partition coefficient (Wildman–Crippen LogP) is 0.982. The number of rotatable bonds is 4. The van der Waals surface area contributed by atoms with E-state index >= 15 is 0 Å². The first-order valence-electron chi connectivity index (χ1n) is 7.55. The highest BCUT2D eigenvalue weighted by Gasteiger charge is 2.36. The van der Waals surface area contributed by atoms with Crippen molar-refractivity contribution < 1.29 is 8.42 Å². The van der Waals surface area contributed by atoms with E-state index in [4.69, 9.17) is 0 Å². The Hall–Kier alpha value is -1.18. The summed E-state index contributed by atoms with van der Waals surface area (Å²) in [5, 5.41) is 3.07. The van der Waals surface area contributed by atoms with E-state index in [-0.39, 0.29) is 4.90 Å². The molecule has 7 heteroatoms. The fourth-order valence-electron chi connectivity index (χ4n) is 3.15. The standard InChI is InChI=1S/C14H22N4O2S/c1-2-15-14-6-5-13(10-16-14)21(19,20)18-9-8-17-7-3-4-12(17)11-18/h5-6,10,12H,2-4,7-9,11H2,1H3,(H,15,16). The van der Waals surface area contributed by atoms with E-state index < -0.39 is 10.0 Å². The van der Waals surface area contributed by atoms with Gasteiger partial charge in [0, 0.05) is 38.4 Å². The maximum absolute atomic E-state index is 12.7. The van der Waals surface area contributed by atoms with E-state index in [2.05, 4.69) is 15.2 Å². The van der Waals surface area contributed by atoms with Crippen LogP contribution in [0.3, 0.4) is 0 Å². The lowest BCUT2D eigenvalue weighted by Gasteiger charge is -2.36. The van der Waals surface area contributed by atoms with Crippen molar-refractivity contribution in [3.05, 3.63) is 18.3 Å². The molecule has 0 radical (unpaired) electrons. The number of pyridine rings is 1. The van der Waals surface area contributed by atoms with Crippen LogP contribution in [-0.2, 0) is 10.0 Å². The first kappa shape index (κ1) is 14.7. The first-order chi connectivity index (χ1) is 10.1. The Morgan fingerprint density at radius 2 is 2.19 bits per heavy atom. The number of piperazine rings is 1. The molecular weight excluding hydrogens is 288 g/mol. The molecule has 1 aromatic rings. The van der Waals surface area contributed by atoms with Gasteiger partial charge >= 0.3 is 0 Å². The predicted molar refractivity (Wildman–Crippen MR) is 81.8 cm³/mol. The Kier molecular flexibility index (Phi) is 4.14. The van der Waals surface area contributed by atoms with Crippen molar-refractivity contribution >= 4 is 15.8 Å². The van der Waals surface area contributed by atoms with Crippen molar-refractivity contribution in [1.82, 2.24) is 14.2 Å². The van der Waals surface area contributed by atoms with Crippen LogP contribution in [0.5, 0.6) is 0 Å². The summed E-state index contributed by atoms with van der Waals surface area (Å²) in [4.78, 5) is 6.86. The van der Waals surface area contributed by atoms with Crippen molar-refractivity contribution in [1.29, 1.82) is 0 Å². The molecule has 1 unspecified atom stereocenters. The quantitative estimate of drug-likeness (QED) is 0.898. The van der Waals surface area contributed by atoms with Crippen LogP contribution < -0.4 is 5.32 Å². The summed E-state index contributed by atoms with van der Waals surface area (Å²) in [6.07, 6.45) is 3.73. The minimum atomic E-state index is -3.42. The zero-order chi connectivity index (χ0) is 14.9. The Balaban J connectivity index is 1.76. The number of nitrogens with zero attached hydrogens (tertiary/aromatic N) is 3. The summed E-state index contributed by atoms with van der Waals surface area (Å²) in [7, 11) is -3.42. The van der Waals surface area contributed by atoms with Crippen LogP contribution in [0.25, 0.3) is 0 Å². The van der Waals surface area contributed by atoms with E-state index in [9.17, 15) is 8.42 Å². The summed E-state index contributed by atoms with van der Waals surface area (Å²) in [6.45, 7) is 5.88. The molecule has 1 atom stereocenters. The third-order valence-corrected chi connectivity index (χ3v) is 6.13. The third-order valence-electron chi connectivity index (χ3n) is 4.28. The Morgan fingerprint density at radius 1 is 1.33 bits per heavy atom. The molecule has 6 nitrogen and oxygen atoms in total. The zero-order valence-electron chi connectivity index (χ0n) is 12.3.